The van der Waals surface area contributed by atoms with Crippen molar-refractivity contribution in [2.45, 2.75) is 12.3 Å². The van der Waals surface area contributed by atoms with Gasteiger partial charge in [0.2, 0.25) is 0 Å². The zero-order valence-corrected chi connectivity index (χ0v) is 12.4. The molecule has 3 nitrogen and oxygen atoms in total. The maximum absolute atomic E-state index is 13.6. The van der Waals surface area contributed by atoms with Crippen LogP contribution < -0.4 is 5.32 Å². The fourth-order valence-electron chi connectivity index (χ4n) is 2.32. The van der Waals surface area contributed by atoms with Crippen LogP contribution in [0.15, 0.2) is 36.7 Å². The molecule has 1 heterocycles. The van der Waals surface area contributed by atoms with Crippen LogP contribution >= 0.6 is 11.6 Å². The van der Waals surface area contributed by atoms with Crippen molar-refractivity contribution in [2.75, 3.05) is 13.6 Å². The second-order valence-corrected chi connectivity index (χ2v) is 5.10. The van der Waals surface area contributed by atoms with Crippen LogP contribution in [0.5, 0.6) is 0 Å². The van der Waals surface area contributed by atoms with Crippen molar-refractivity contribution in [1.29, 1.82) is 5.26 Å². The Morgan fingerprint density at radius 3 is 2.90 bits per heavy atom. The Morgan fingerprint density at radius 1 is 1.48 bits per heavy atom. The second-order valence-electron chi connectivity index (χ2n) is 4.70. The number of aromatic nitrogens is 1. The van der Waals surface area contributed by atoms with Crippen LogP contribution in [0, 0.1) is 17.1 Å². The van der Waals surface area contributed by atoms with Crippen molar-refractivity contribution < 1.29 is 4.39 Å². The van der Waals surface area contributed by atoms with Crippen molar-refractivity contribution in [1.82, 2.24) is 10.3 Å². The van der Waals surface area contributed by atoms with Crippen molar-refractivity contribution in [3.05, 3.63) is 64.2 Å². The molecule has 0 amide bonds. The van der Waals surface area contributed by atoms with Crippen LogP contribution in [0.1, 0.15) is 29.0 Å². The first-order chi connectivity index (χ1) is 10.2. The number of hydrogen-bond donors (Lipinski definition) is 1. The minimum Gasteiger partial charge on any atom is -0.320 e. The van der Waals surface area contributed by atoms with Crippen LogP contribution in [-0.2, 0) is 0 Å². The molecule has 1 unspecified atom stereocenters. The van der Waals surface area contributed by atoms with E-state index in [-0.39, 0.29) is 10.9 Å². The third kappa shape index (κ3) is 3.57. The molecule has 1 N–H and O–H groups in total. The summed E-state index contributed by atoms with van der Waals surface area (Å²) in [5.74, 6) is -0.630. The highest BCUT2D eigenvalue weighted by molar-refractivity contribution is 6.30. The standard InChI is InChI=1S/C16H15ClFN3/c1-20-6-4-13(11-3-2-5-21-10-11)14-8-15(17)16(18)7-12(14)9-19/h2-3,5,7-8,10,13,20H,4,6H2,1H3. The molecule has 2 rings (SSSR count). The van der Waals surface area contributed by atoms with Gasteiger partial charge in [-0.3, -0.25) is 4.98 Å². The number of pyridine rings is 1. The Bertz CT molecular complexity index is 653. The summed E-state index contributed by atoms with van der Waals surface area (Å²) in [7, 11) is 1.86. The monoisotopic (exact) mass is 303 g/mol. The molecule has 0 saturated carbocycles. The van der Waals surface area contributed by atoms with Gasteiger partial charge in [-0.2, -0.15) is 5.26 Å². The first kappa shape index (κ1) is 15.4. The zero-order chi connectivity index (χ0) is 15.2. The predicted octanol–water partition coefficient (Wildman–Crippen LogP) is 3.49. The summed E-state index contributed by atoms with van der Waals surface area (Å²) in [6.07, 6.45) is 4.22. The first-order valence-electron chi connectivity index (χ1n) is 6.61. The van der Waals surface area contributed by atoms with Crippen LogP contribution in [0.2, 0.25) is 5.02 Å². The number of rotatable bonds is 5. The number of nitriles is 1. The van der Waals surface area contributed by atoms with E-state index in [1.54, 1.807) is 18.5 Å². The van der Waals surface area contributed by atoms with Gasteiger partial charge in [-0.25, -0.2) is 4.39 Å². The number of nitrogens with zero attached hydrogens (tertiary/aromatic N) is 2. The Balaban J connectivity index is 2.51. The number of halogens is 2. The van der Waals surface area contributed by atoms with Crippen molar-refractivity contribution >= 4 is 11.6 Å². The smallest absolute Gasteiger partial charge is 0.143 e. The lowest BCUT2D eigenvalue weighted by molar-refractivity contribution is 0.622. The molecule has 21 heavy (non-hydrogen) atoms. The molecular weight excluding hydrogens is 289 g/mol. The van der Waals surface area contributed by atoms with Crippen molar-refractivity contribution in [3.63, 3.8) is 0 Å². The lowest BCUT2D eigenvalue weighted by Gasteiger charge is -2.19. The normalized spacial score (nSPS) is 11.9. The summed E-state index contributed by atoms with van der Waals surface area (Å²) in [6.45, 7) is 0.763. The van der Waals surface area contributed by atoms with E-state index in [1.165, 1.54) is 6.07 Å². The second kappa shape index (κ2) is 7.16. The van der Waals surface area contributed by atoms with E-state index in [4.69, 9.17) is 11.6 Å². The van der Waals surface area contributed by atoms with E-state index in [0.29, 0.717) is 5.56 Å². The molecule has 1 aromatic carbocycles. The fraction of sp³-hybridized carbons (Fsp3) is 0.250. The van der Waals surface area contributed by atoms with Crippen LogP contribution in [0.3, 0.4) is 0 Å². The summed E-state index contributed by atoms with van der Waals surface area (Å²) < 4.78 is 13.6. The molecule has 108 valence electrons. The maximum Gasteiger partial charge on any atom is 0.143 e. The summed E-state index contributed by atoms with van der Waals surface area (Å²) in [6, 6.07) is 8.59. The summed E-state index contributed by atoms with van der Waals surface area (Å²) in [5, 5.41) is 12.4. The van der Waals surface area contributed by atoms with E-state index < -0.39 is 5.82 Å². The van der Waals surface area contributed by atoms with Crippen LogP contribution in [0.4, 0.5) is 4.39 Å². The van der Waals surface area contributed by atoms with E-state index in [1.807, 2.05) is 19.2 Å². The minimum absolute atomic E-state index is 0.0300. The molecular formula is C16H15ClFN3. The number of nitrogens with one attached hydrogen (secondary N) is 1. The van der Waals surface area contributed by atoms with Gasteiger partial charge in [0.1, 0.15) is 5.82 Å². The molecule has 0 radical (unpaired) electrons. The van der Waals surface area contributed by atoms with Crippen molar-refractivity contribution in [3.8, 4) is 6.07 Å². The highest BCUT2D eigenvalue weighted by atomic mass is 35.5. The summed E-state index contributed by atoms with van der Waals surface area (Å²) >= 11 is 5.89. The topological polar surface area (TPSA) is 48.7 Å². The molecule has 0 bridgehead atoms. The van der Waals surface area contributed by atoms with Gasteiger partial charge in [0.05, 0.1) is 16.7 Å². The first-order valence-corrected chi connectivity index (χ1v) is 6.98. The van der Waals surface area contributed by atoms with Gasteiger partial charge in [0, 0.05) is 18.3 Å². The van der Waals surface area contributed by atoms with E-state index in [2.05, 4.69) is 16.4 Å². The van der Waals surface area contributed by atoms with E-state index in [9.17, 15) is 9.65 Å². The predicted molar refractivity (Wildman–Crippen MR) is 80.7 cm³/mol. The summed E-state index contributed by atoms with van der Waals surface area (Å²) in [5.41, 5.74) is 2.01. The molecule has 0 fully saturated rings. The van der Waals surface area contributed by atoms with Gasteiger partial charge >= 0.3 is 0 Å². The van der Waals surface area contributed by atoms with Crippen LogP contribution in [-0.4, -0.2) is 18.6 Å². The molecule has 1 atom stereocenters. The molecule has 0 aliphatic carbocycles. The van der Waals surface area contributed by atoms with Gasteiger partial charge in [-0.15, -0.1) is 0 Å². The Hall–Kier alpha value is -1.96. The van der Waals surface area contributed by atoms with E-state index >= 15 is 0 Å². The molecule has 0 spiro atoms. The largest absolute Gasteiger partial charge is 0.320 e. The maximum atomic E-state index is 13.6. The quantitative estimate of drug-likeness (QED) is 0.920. The Labute approximate surface area is 128 Å². The van der Waals surface area contributed by atoms with Gasteiger partial charge in [0.15, 0.2) is 0 Å². The zero-order valence-electron chi connectivity index (χ0n) is 11.6. The lowest BCUT2D eigenvalue weighted by Crippen LogP contribution is -2.14. The van der Waals surface area contributed by atoms with Gasteiger partial charge in [0.25, 0.3) is 0 Å². The molecule has 5 heteroatoms. The number of benzene rings is 1. The minimum atomic E-state index is -0.574. The molecule has 1 aromatic heterocycles. The van der Waals surface area contributed by atoms with Gasteiger partial charge in [-0.05, 0) is 49.3 Å². The third-order valence-electron chi connectivity index (χ3n) is 3.36. The van der Waals surface area contributed by atoms with Gasteiger partial charge in [-0.1, -0.05) is 17.7 Å². The SMILES string of the molecule is CNCCC(c1cccnc1)c1cc(Cl)c(F)cc1C#N. The number of hydrogen-bond acceptors (Lipinski definition) is 3. The summed E-state index contributed by atoms with van der Waals surface area (Å²) in [4.78, 5) is 4.12. The Morgan fingerprint density at radius 2 is 2.29 bits per heavy atom. The molecule has 0 saturated heterocycles. The lowest BCUT2D eigenvalue weighted by atomic mass is 9.86. The molecule has 0 aliphatic rings. The van der Waals surface area contributed by atoms with E-state index in [0.717, 1.165) is 24.1 Å². The third-order valence-corrected chi connectivity index (χ3v) is 3.65. The Kier molecular flexibility index (Phi) is 5.26. The highest BCUT2D eigenvalue weighted by Crippen LogP contribution is 2.32. The van der Waals surface area contributed by atoms with Crippen LogP contribution in [0.25, 0.3) is 0 Å². The average molecular weight is 304 g/mol. The van der Waals surface area contributed by atoms with Gasteiger partial charge < -0.3 is 5.32 Å². The van der Waals surface area contributed by atoms with Crippen molar-refractivity contribution in [2.24, 2.45) is 0 Å². The molecule has 2 aromatic rings. The highest BCUT2D eigenvalue weighted by Gasteiger charge is 2.19. The average Bonchev–Trinajstić information content (AvgIpc) is 2.51. The molecule has 0 aliphatic heterocycles. The fourth-order valence-corrected chi connectivity index (χ4v) is 2.49.